The lowest BCUT2D eigenvalue weighted by atomic mass is 9.75. The van der Waals surface area contributed by atoms with Crippen LogP contribution in [0, 0.1) is 29.9 Å². The van der Waals surface area contributed by atoms with Gasteiger partial charge in [0.1, 0.15) is 5.82 Å². The van der Waals surface area contributed by atoms with Gasteiger partial charge in [-0.05, 0) is 86.4 Å². The predicted octanol–water partition coefficient (Wildman–Crippen LogP) is 8.25. The number of nitrogens with zero attached hydrogens (tertiary/aromatic N) is 4. The number of hydrogen-bond acceptors (Lipinski definition) is 9. The van der Waals surface area contributed by atoms with Gasteiger partial charge in [0.2, 0.25) is 0 Å². The van der Waals surface area contributed by atoms with Gasteiger partial charge in [0.25, 0.3) is 10.0 Å². The van der Waals surface area contributed by atoms with E-state index >= 15 is 8.78 Å². The Morgan fingerprint density at radius 1 is 1.00 bits per heavy atom. The summed E-state index contributed by atoms with van der Waals surface area (Å²) in [5.74, 6) is -2.56. The van der Waals surface area contributed by atoms with Crippen LogP contribution in [0.1, 0.15) is 75.0 Å². The second-order valence-electron chi connectivity index (χ2n) is 17.3. The average Bonchev–Trinajstić information content (AvgIpc) is 3.83. The highest BCUT2D eigenvalue weighted by Gasteiger charge is 2.37. The van der Waals surface area contributed by atoms with Crippen LogP contribution >= 0.6 is 0 Å². The van der Waals surface area contributed by atoms with E-state index in [4.69, 9.17) is 14.8 Å². The summed E-state index contributed by atoms with van der Waals surface area (Å²) in [5.41, 5.74) is 0.979. The van der Waals surface area contributed by atoms with Crippen LogP contribution in [0.15, 0.2) is 99.7 Å². The molecule has 7 rings (SSSR count). The summed E-state index contributed by atoms with van der Waals surface area (Å²) in [6, 6.07) is 20.1. The van der Waals surface area contributed by atoms with Crippen molar-refractivity contribution >= 4 is 47.9 Å². The zero-order valence-corrected chi connectivity index (χ0v) is 38.2. The minimum atomic E-state index is -4.22. The summed E-state index contributed by atoms with van der Waals surface area (Å²) < 4.78 is 111. The Hall–Kier alpha value is -4.90. The number of halogens is 2. The van der Waals surface area contributed by atoms with E-state index in [2.05, 4.69) is 0 Å². The molecule has 1 unspecified atom stereocenters. The fourth-order valence-electron chi connectivity index (χ4n) is 8.50. The first-order chi connectivity index (χ1) is 29.1. The fourth-order valence-corrected chi connectivity index (χ4v) is 13.2. The molecule has 0 spiro atoms. The van der Waals surface area contributed by atoms with Gasteiger partial charge < -0.3 is 9.29 Å². The summed E-state index contributed by atoms with van der Waals surface area (Å²) in [5, 5.41) is 5.04. The molecule has 0 amide bonds. The van der Waals surface area contributed by atoms with Crippen molar-refractivity contribution in [2.24, 2.45) is 18.4 Å². The van der Waals surface area contributed by atoms with Gasteiger partial charge in [-0.15, -0.1) is 0 Å². The van der Waals surface area contributed by atoms with Crippen molar-refractivity contribution in [1.29, 1.82) is 0 Å². The molecule has 0 N–H and O–H groups in total. The summed E-state index contributed by atoms with van der Waals surface area (Å²) in [6.45, 7) is 9.34. The Labute approximate surface area is 364 Å². The second kappa shape index (κ2) is 17.0. The third kappa shape index (κ3) is 8.84. The van der Waals surface area contributed by atoms with Gasteiger partial charge in [-0.2, -0.15) is 5.10 Å². The first-order valence-electron chi connectivity index (χ1n) is 20.3. The molecule has 4 aromatic carbocycles. The first-order valence-corrected chi connectivity index (χ1v) is 24.7. The van der Waals surface area contributed by atoms with Gasteiger partial charge in [-0.3, -0.25) is 4.79 Å². The Morgan fingerprint density at radius 3 is 2.44 bits per heavy atom. The Balaban J connectivity index is 1.39. The van der Waals surface area contributed by atoms with E-state index in [0.717, 1.165) is 32.8 Å². The molecule has 1 aliphatic heterocycles. The Kier molecular flexibility index (Phi) is 12.4. The lowest BCUT2D eigenvalue weighted by Gasteiger charge is -2.31. The average molecular weight is 905 g/mol. The topological polar surface area (TPSA) is 153 Å². The molecule has 0 fully saturated rings. The standard InChI is InChI=1S/C46H50F2N4O7S3/c1-29-12-15-34(16-13-29)62(57,58)52-22-18-35-36-19-23-61(55,56)28-45(3,4)20-9-21-46(5,32-11-8-10-31(25-32)24-30(2)43(53)59-7)44-49-42(51(6)50-44)37-26-33(14-17-38(37)47)60(54)41(36)39(48)27-40(35)52/h8,10-18,22,25-27,30H,9,19-21,23-24,28H2,1-7H3/t30-,46-,60?/m1/s1. The first kappa shape index (κ1) is 45.1. The lowest BCUT2D eigenvalue weighted by Crippen LogP contribution is -2.29. The minimum absolute atomic E-state index is 0.0115. The van der Waals surface area contributed by atoms with Crippen molar-refractivity contribution in [2.45, 2.75) is 86.8 Å². The van der Waals surface area contributed by atoms with Crippen LogP contribution in [0.5, 0.6) is 0 Å². The normalized spacial score (nSPS) is 19.9. The number of ether oxygens (including phenoxy) is 1. The predicted molar refractivity (Wildman–Crippen MR) is 234 cm³/mol. The number of fused-ring (bicyclic) bond motifs is 8. The molecule has 6 aromatic rings. The maximum Gasteiger partial charge on any atom is 0.308 e. The molecule has 0 saturated heterocycles. The molecule has 328 valence electrons. The monoisotopic (exact) mass is 904 g/mol. The maximum atomic E-state index is 16.7. The van der Waals surface area contributed by atoms with Crippen LogP contribution in [0.3, 0.4) is 0 Å². The highest BCUT2D eigenvalue weighted by Crippen LogP contribution is 2.41. The highest BCUT2D eigenvalue weighted by atomic mass is 32.2. The van der Waals surface area contributed by atoms with E-state index in [1.807, 2.05) is 52.0 Å². The molecule has 16 heteroatoms. The zero-order valence-electron chi connectivity index (χ0n) is 35.7. The van der Waals surface area contributed by atoms with Crippen molar-refractivity contribution in [3.63, 3.8) is 0 Å². The van der Waals surface area contributed by atoms with Crippen LogP contribution in [-0.2, 0) is 65.9 Å². The van der Waals surface area contributed by atoms with Gasteiger partial charge >= 0.3 is 5.97 Å². The largest absolute Gasteiger partial charge is 0.606 e. The minimum Gasteiger partial charge on any atom is -0.606 e. The van der Waals surface area contributed by atoms with E-state index in [0.29, 0.717) is 31.5 Å². The number of methoxy groups -OCH3 is 1. The van der Waals surface area contributed by atoms with Gasteiger partial charge in [0.15, 0.2) is 37.1 Å². The summed E-state index contributed by atoms with van der Waals surface area (Å²) >= 11 is -2.35. The molecule has 62 heavy (non-hydrogen) atoms. The fraction of sp³-hybridized carbons (Fsp3) is 0.370. The molecule has 11 nitrogen and oxygen atoms in total. The molecule has 4 bridgehead atoms. The van der Waals surface area contributed by atoms with Crippen molar-refractivity contribution in [2.75, 3.05) is 18.6 Å². The quantitative estimate of drug-likeness (QED) is 0.119. The van der Waals surface area contributed by atoms with Gasteiger partial charge in [0, 0.05) is 47.5 Å². The number of aromatic nitrogens is 4. The molecule has 3 atom stereocenters. The van der Waals surface area contributed by atoms with Gasteiger partial charge in [-0.1, -0.05) is 69.2 Å². The number of benzene rings is 4. The number of esters is 1. The number of hydrogen-bond donors (Lipinski definition) is 0. The maximum absolute atomic E-state index is 16.7. The molecule has 0 saturated carbocycles. The molecular weight excluding hydrogens is 855 g/mol. The highest BCUT2D eigenvalue weighted by molar-refractivity contribution is 7.92. The van der Waals surface area contributed by atoms with Crippen molar-refractivity contribution < 1.29 is 39.7 Å². The zero-order chi connectivity index (χ0) is 44.9. The molecule has 0 radical (unpaired) electrons. The third-order valence-electron chi connectivity index (χ3n) is 11.9. The lowest BCUT2D eigenvalue weighted by molar-refractivity contribution is -0.144. The van der Waals surface area contributed by atoms with Crippen LogP contribution in [0.2, 0.25) is 0 Å². The van der Waals surface area contributed by atoms with Crippen molar-refractivity contribution in [3.05, 3.63) is 125 Å². The smallest absolute Gasteiger partial charge is 0.308 e. The van der Waals surface area contributed by atoms with Crippen LogP contribution in [-0.4, -0.2) is 64.7 Å². The van der Waals surface area contributed by atoms with E-state index in [-0.39, 0.29) is 60.7 Å². The SMILES string of the molecule is COC(=O)[C@H](C)Cc1cccc([C@@]2(C)CCCC(C)(C)CS(=O)(=O)CCc3c(c(F)cc4c3ccn4S(=O)(=O)c3ccc(C)cc3)[S+]([O-])c3ccc(F)c(c3)-c3nc2nn3C)c1. The van der Waals surface area contributed by atoms with Crippen LogP contribution in [0.25, 0.3) is 22.3 Å². The van der Waals surface area contributed by atoms with Gasteiger partial charge in [-0.25, -0.2) is 39.3 Å². The number of carbonyl (C=O) groups is 1. The summed E-state index contributed by atoms with van der Waals surface area (Å²) in [4.78, 5) is 16.9. The second-order valence-corrected chi connectivity index (χ2v) is 22.8. The van der Waals surface area contributed by atoms with Crippen LogP contribution < -0.4 is 0 Å². The Bertz CT molecular complexity index is 2910. The van der Waals surface area contributed by atoms with Crippen molar-refractivity contribution in [1.82, 2.24) is 18.7 Å². The van der Waals surface area contributed by atoms with Crippen molar-refractivity contribution in [3.8, 4) is 11.4 Å². The van der Waals surface area contributed by atoms with E-state index < -0.39 is 65.2 Å². The van der Waals surface area contributed by atoms with Gasteiger partial charge in [0.05, 0.1) is 45.9 Å². The Morgan fingerprint density at radius 2 is 1.73 bits per heavy atom. The number of rotatable bonds is 6. The van der Waals surface area contributed by atoms with E-state index in [1.54, 1.807) is 26.1 Å². The third-order valence-corrected chi connectivity index (χ3v) is 17.1. The molecule has 0 aliphatic carbocycles. The molecule has 3 heterocycles. The molecule has 2 aromatic heterocycles. The molecule has 1 aliphatic rings. The summed E-state index contributed by atoms with van der Waals surface area (Å²) in [7, 11) is -5.10. The van der Waals surface area contributed by atoms with Crippen LogP contribution in [0.4, 0.5) is 8.78 Å². The van der Waals surface area contributed by atoms with E-state index in [9.17, 15) is 26.2 Å². The number of aryl methyl sites for hydroxylation is 3. The van der Waals surface area contributed by atoms with E-state index in [1.165, 1.54) is 48.3 Å². The summed E-state index contributed by atoms with van der Waals surface area (Å²) in [6.07, 6.45) is 2.94. The molecular formula is C46H50F2N4O7S3. The number of sulfone groups is 1. The number of carbonyl (C=O) groups excluding carboxylic acids is 1.